The van der Waals surface area contributed by atoms with Gasteiger partial charge in [-0.2, -0.15) is 0 Å². The summed E-state index contributed by atoms with van der Waals surface area (Å²) >= 11 is 16.9. The lowest BCUT2D eigenvalue weighted by atomic mass is 10.3. The van der Waals surface area contributed by atoms with Crippen molar-refractivity contribution in [2.24, 2.45) is 0 Å². The normalized spacial score (nSPS) is 10.4. The monoisotopic (exact) mass is 365 g/mol. The van der Waals surface area contributed by atoms with Crippen LogP contribution in [0.25, 0.3) is 0 Å². The van der Waals surface area contributed by atoms with E-state index in [4.69, 9.17) is 27.9 Å². The van der Waals surface area contributed by atoms with E-state index in [1.807, 2.05) is 18.2 Å². The fraction of sp³-hybridized carbons (Fsp3) is 0.167. The van der Waals surface area contributed by atoms with Crippen molar-refractivity contribution in [1.82, 2.24) is 0 Å². The number of ether oxygens (including phenoxy) is 1. The van der Waals surface area contributed by atoms with Crippen LogP contribution < -0.4 is 10.1 Å². The van der Waals surface area contributed by atoms with Crippen molar-refractivity contribution in [1.29, 1.82) is 0 Å². The number of halogens is 3. The molecule has 0 bridgehead atoms. The predicted octanol–water partition coefficient (Wildman–Crippen LogP) is 5.44. The lowest BCUT2D eigenvalue weighted by Crippen LogP contribution is -1.99. The summed E-state index contributed by atoms with van der Waals surface area (Å²) in [7, 11) is 1.63. The van der Waals surface area contributed by atoms with Crippen LogP contribution >= 0.6 is 50.5 Å². The Morgan fingerprint density at radius 1 is 1.33 bits per heavy atom. The van der Waals surface area contributed by atoms with Crippen LogP contribution in [0.3, 0.4) is 0 Å². The Bertz CT molecular complexity index is 540. The fourth-order valence-corrected chi connectivity index (χ4v) is 3.38. The summed E-state index contributed by atoms with van der Waals surface area (Å²) < 4.78 is 6.94. The molecule has 0 aliphatic heterocycles. The van der Waals surface area contributed by atoms with Crippen molar-refractivity contribution >= 4 is 56.2 Å². The zero-order valence-corrected chi connectivity index (χ0v) is 13.4. The quantitative estimate of drug-likeness (QED) is 0.777. The summed E-state index contributed by atoms with van der Waals surface area (Å²) in [5.41, 5.74) is 0.866. The average molecular weight is 367 g/mol. The first-order valence-electron chi connectivity index (χ1n) is 5.11. The smallest absolute Gasteiger partial charge is 0.142 e. The average Bonchev–Trinajstić information content (AvgIpc) is 2.66. The molecule has 1 N–H and O–H groups in total. The first-order valence-corrected chi connectivity index (χ1v) is 7.48. The second kappa shape index (κ2) is 6.15. The zero-order valence-electron chi connectivity index (χ0n) is 9.47. The third-order valence-corrected chi connectivity index (χ3v) is 5.02. The SMILES string of the molecule is COc1ccc(Cl)cc1NCc1cc(Br)c(Cl)s1. The van der Waals surface area contributed by atoms with Gasteiger partial charge >= 0.3 is 0 Å². The molecule has 0 amide bonds. The van der Waals surface area contributed by atoms with E-state index in [1.54, 1.807) is 13.2 Å². The van der Waals surface area contributed by atoms with Crippen molar-refractivity contribution in [3.05, 3.63) is 43.0 Å². The van der Waals surface area contributed by atoms with Crippen LogP contribution in [0, 0.1) is 0 Å². The highest BCUT2D eigenvalue weighted by molar-refractivity contribution is 9.10. The van der Waals surface area contributed by atoms with Crippen LogP contribution in [0.5, 0.6) is 5.75 Å². The van der Waals surface area contributed by atoms with Crippen molar-refractivity contribution in [2.75, 3.05) is 12.4 Å². The van der Waals surface area contributed by atoms with Gasteiger partial charge in [-0.05, 0) is 40.2 Å². The van der Waals surface area contributed by atoms with Gasteiger partial charge in [0.05, 0.1) is 12.8 Å². The Hall–Kier alpha value is -0.420. The van der Waals surface area contributed by atoms with Crippen LogP contribution in [-0.2, 0) is 6.54 Å². The molecule has 0 aliphatic carbocycles. The van der Waals surface area contributed by atoms with Gasteiger partial charge in [-0.3, -0.25) is 0 Å². The van der Waals surface area contributed by atoms with E-state index in [9.17, 15) is 0 Å². The van der Waals surface area contributed by atoms with Gasteiger partial charge in [0, 0.05) is 20.9 Å². The van der Waals surface area contributed by atoms with Crippen LogP contribution in [0.4, 0.5) is 5.69 Å². The van der Waals surface area contributed by atoms with Gasteiger partial charge in [-0.15, -0.1) is 11.3 Å². The molecule has 0 radical (unpaired) electrons. The van der Waals surface area contributed by atoms with E-state index < -0.39 is 0 Å². The van der Waals surface area contributed by atoms with Gasteiger partial charge in [-0.25, -0.2) is 0 Å². The minimum Gasteiger partial charge on any atom is -0.495 e. The van der Waals surface area contributed by atoms with Crippen LogP contribution in [0.15, 0.2) is 28.7 Å². The van der Waals surface area contributed by atoms with Crippen LogP contribution in [-0.4, -0.2) is 7.11 Å². The van der Waals surface area contributed by atoms with Gasteiger partial charge in [0.25, 0.3) is 0 Å². The molecule has 0 fully saturated rings. The summed E-state index contributed by atoms with van der Waals surface area (Å²) in [4.78, 5) is 1.13. The summed E-state index contributed by atoms with van der Waals surface area (Å²) in [6.07, 6.45) is 0. The third-order valence-electron chi connectivity index (χ3n) is 2.31. The molecule has 18 heavy (non-hydrogen) atoms. The van der Waals surface area contributed by atoms with E-state index in [1.165, 1.54) is 11.3 Å². The predicted molar refractivity (Wildman–Crippen MR) is 82.4 cm³/mol. The molecule has 6 heteroatoms. The molecule has 1 heterocycles. The Labute approximate surface area is 128 Å². The molecule has 0 atom stereocenters. The number of methoxy groups -OCH3 is 1. The molecular formula is C12H10BrCl2NOS. The van der Waals surface area contributed by atoms with Crippen molar-refractivity contribution in [3.8, 4) is 5.75 Å². The lowest BCUT2D eigenvalue weighted by Gasteiger charge is -2.10. The van der Waals surface area contributed by atoms with Crippen molar-refractivity contribution in [2.45, 2.75) is 6.54 Å². The Kier molecular flexibility index (Phi) is 4.78. The van der Waals surface area contributed by atoms with E-state index in [-0.39, 0.29) is 0 Å². The van der Waals surface area contributed by atoms with Gasteiger partial charge in [0.2, 0.25) is 0 Å². The molecule has 0 saturated carbocycles. The summed E-state index contributed by atoms with van der Waals surface area (Å²) in [5, 5.41) is 3.95. The minimum atomic E-state index is 0.670. The molecule has 2 rings (SSSR count). The molecule has 2 aromatic rings. The van der Waals surface area contributed by atoms with Gasteiger partial charge < -0.3 is 10.1 Å². The highest BCUT2D eigenvalue weighted by Gasteiger charge is 2.07. The highest BCUT2D eigenvalue weighted by atomic mass is 79.9. The molecule has 1 aromatic heterocycles. The fourth-order valence-electron chi connectivity index (χ4n) is 1.48. The number of hydrogen-bond acceptors (Lipinski definition) is 3. The first kappa shape index (κ1) is 14.0. The maximum atomic E-state index is 5.99. The standard InChI is InChI=1S/C12H10BrCl2NOS/c1-17-11-3-2-7(14)4-10(11)16-6-8-5-9(13)12(15)18-8/h2-5,16H,6H2,1H3. The van der Waals surface area contributed by atoms with Gasteiger partial charge in [-0.1, -0.05) is 23.2 Å². The molecular weight excluding hydrogens is 357 g/mol. The Balaban J connectivity index is 2.12. The van der Waals surface area contributed by atoms with Gasteiger partial charge in [0.15, 0.2) is 0 Å². The van der Waals surface area contributed by atoms with E-state index in [0.717, 1.165) is 25.1 Å². The van der Waals surface area contributed by atoms with Crippen LogP contribution in [0.2, 0.25) is 9.36 Å². The molecule has 0 spiro atoms. The van der Waals surface area contributed by atoms with E-state index in [2.05, 4.69) is 21.2 Å². The number of rotatable bonds is 4. The number of thiophene rings is 1. The molecule has 0 unspecified atom stereocenters. The number of benzene rings is 1. The van der Waals surface area contributed by atoms with Gasteiger partial charge in [0.1, 0.15) is 10.1 Å². The molecule has 2 nitrogen and oxygen atoms in total. The second-order valence-electron chi connectivity index (χ2n) is 3.53. The minimum absolute atomic E-state index is 0.670. The van der Waals surface area contributed by atoms with Crippen molar-refractivity contribution < 1.29 is 4.74 Å². The largest absolute Gasteiger partial charge is 0.495 e. The lowest BCUT2D eigenvalue weighted by molar-refractivity contribution is 0.416. The summed E-state index contributed by atoms with van der Waals surface area (Å²) in [5.74, 6) is 0.765. The zero-order chi connectivity index (χ0) is 13.1. The Morgan fingerprint density at radius 2 is 2.11 bits per heavy atom. The molecule has 96 valence electrons. The number of hydrogen-bond donors (Lipinski definition) is 1. The number of anilines is 1. The number of nitrogens with one attached hydrogen (secondary N) is 1. The third kappa shape index (κ3) is 3.32. The van der Waals surface area contributed by atoms with E-state index in [0.29, 0.717) is 11.6 Å². The second-order valence-corrected chi connectivity index (χ2v) is 6.56. The molecule has 0 saturated heterocycles. The van der Waals surface area contributed by atoms with Crippen LogP contribution in [0.1, 0.15) is 4.88 Å². The van der Waals surface area contributed by atoms with E-state index >= 15 is 0 Å². The summed E-state index contributed by atoms with van der Waals surface area (Å²) in [6.45, 7) is 0.673. The highest BCUT2D eigenvalue weighted by Crippen LogP contribution is 2.33. The summed E-state index contributed by atoms with van der Waals surface area (Å²) in [6, 6.07) is 7.47. The first-order chi connectivity index (χ1) is 8.60. The molecule has 0 aliphatic rings. The maximum Gasteiger partial charge on any atom is 0.142 e. The maximum absolute atomic E-state index is 5.99. The van der Waals surface area contributed by atoms with Crippen molar-refractivity contribution in [3.63, 3.8) is 0 Å². The topological polar surface area (TPSA) is 21.3 Å². The molecule has 1 aromatic carbocycles. The Morgan fingerprint density at radius 3 is 2.72 bits per heavy atom.